The molecule has 0 saturated carbocycles. The van der Waals surface area contributed by atoms with Crippen LogP contribution in [0.1, 0.15) is 36.8 Å². The number of aromatic amines is 1. The van der Waals surface area contributed by atoms with Gasteiger partial charge in [-0.2, -0.15) is 5.10 Å². The largest absolute Gasteiger partial charge is 0.369 e. The summed E-state index contributed by atoms with van der Waals surface area (Å²) in [6.45, 7) is 2.64. The molecule has 3 rings (SSSR count). The van der Waals surface area contributed by atoms with Crippen molar-refractivity contribution in [2.45, 2.75) is 32.1 Å². The lowest BCUT2D eigenvalue weighted by Gasteiger charge is -2.24. The van der Waals surface area contributed by atoms with E-state index >= 15 is 0 Å². The van der Waals surface area contributed by atoms with E-state index in [4.69, 9.17) is 5.73 Å². The smallest absolute Gasteiger partial charge is 0.226 e. The van der Waals surface area contributed by atoms with Crippen molar-refractivity contribution in [1.29, 1.82) is 0 Å². The van der Waals surface area contributed by atoms with Gasteiger partial charge in [0, 0.05) is 19.0 Å². The summed E-state index contributed by atoms with van der Waals surface area (Å²) < 4.78 is 0. The number of H-pyrrole nitrogens is 1. The summed E-state index contributed by atoms with van der Waals surface area (Å²) in [4.78, 5) is 30.5. The third-order valence-electron chi connectivity index (χ3n) is 4.56. The van der Waals surface area contributed by atoms with E-state index < -0.39 is 11.8 Å². The van der Waals surface area contributed by atoms with Crippen molar-refractivity contribution in [3.63, 3.8) is 0 Å². The Kier molecular flexibility index (Phi) is 3.96. The number of aryl methyl sites for hydroxylation is 1. The van der Waals surface area contributed by atoms with Gasteiger partial charge in [-0.3, -0.25) is 14.7 Å². The second kappa shape index (κ2) is 5.90. The van der Waals surface area contributed by atoms with Gasteiger partial charge in [-0.25, -0.2) is 4.98 Å². The lowest BCUT2D eigenvalue weighted by Crippen LogP contribution is -2.36. The van der Waals surface area contributed by atoms with E-state index in [0.29, 0.717) is 24.7 Å². The number of nitrogens with one attached hydrogen (secondary N) is 1. The summed E-state index contributed by atoms with van der Waals surface area (Å²) in [5.74, 6) is 0.368. The topological polar surface area (TPSA) is 105 Å². The number of amides is 2. The Morgan fingerprint density at radius 2 is 2.18 bits per heavy atom. The molecule has 0 spiro atoms. The highest BCUT2D eigenvalue weighted by Gasteiger charge is 2.42. The third kappa shape index (κ3) is 2.75. The lowest BCUT2D eigenvalue weighted by molar-refractivity contribution is -0.135. The molecule has 22 heavy (non-hydrogen) atoms. The quantitative estimate of drug-likeness (QED) is 0.793. The van der Waals surface area contributed by atoms with Crippen LogP contribution in [0.2, 0.25) is 0 Å². The number of likely N-dealkylation sites (tertiary alicyclic amines) is 1. The summed E-state index contributed by atoms with van der Waals surface area (Å²) in [6.07, 6.45) is 6.76. The molecule has 1 aliphatic carbocycles. The van der Waals surface area contributed by atoms with E-state index in [9.17, 15) is 9.59 Å². The van der Waals surface area contributed by atoms with Gasteiger partial charge in [0.05, 0.1) is 11.8 Å². The van der Waals surface area contributed by atoms with Gasteiger partial charge in [0.25, 0.3) is 0 Å². The van der Waals surface area contributed by atoms with Gasteiger partial charge in [-0.05, 0) is 26.2 Å². The van der Waals surface area contributed by atoms with Crippen LogP contribution in [0.25, 0.3) is 0 Å². The molecule has 7 heteroatoms. The molecule has 1 aromatic heterocycles. The molecular formula is C15H21N5O2. The van der Waals surface area contributed by atoms with Crippen LogP contribution < -0.4 is 5.73 Å². The molecule has 1 aromatic rings. The fraction of sp³-hybridized carbons (Fsp3) is 0.600. The Morgan fingerprint density at radius 1 is 1.36 bits per heavy atom. The number of hydrogen-bond donors (Lipinski definition) is 2. The van der Waals surface area contributed by atoms with Crippen molar-refractivity contribution in [3.05, 3.63) is 23.8 Å². The summed E-state index contributed by atoms with van der Waals surface area (Å²) in [5.41, 5.74) is 5.52. The Hall–Kier alpha value is -2.18. The fourth-order valence-corrected chi connectivity index (χ4v) is 3.34. The molecule has 0 bridgehead atoms. The van der Waals surface area contributed by atoms with Crippen LogP contribution in [0.5, 0.6) is 0 Å². The van der Waals surface area contributed by atoms with Crippen molar-refractivity contribution >= 4 is 11.8 Å². The zero-order valence-electron chi connectivity index (χ0n) is 12.7. The van der Waals surface area contributed by atoms with Crippen LogP contribution in [0.3, 0.4) is 0 Å². The molecule has 2 heterocycles. The molecule has 1 saturated heterocycles. The van der Waals surface area contributed by atoms with Crippen molar-refractivity contribution in [2.24, 2.45) is 17.6 Å². The number of nitrogens with zero attached hydrogens (tertiary/aromatic N) is 3. The number of hydrogen-bond acceptors (Lipinski definition) is 4. The summed E-state index contributed by atoms with van der Waals surface area (Å²) in [5, 5.41) is 6.93. The molecule has 1 fully saturated rings. The highest BCUT2D eigenvalue weighted by atomic mass is 16.2. The van der Waals surface area contributed by atoms with Gasteiger partial charge in [0.1, 0.15) is 5.82 Å². The minimum Gasteiger partial charge on any atom is -0.369 e. The minimum atomic E-state index is -0.418. The second-order valence-corrected chi connectivity index (χ2v) is 6.12. The zero-order chi connectivity index (χ0) is 15.7. The molecule has 1 aliphatic heterocycles. The van der Waals surface area contributed by atoms with Gasteiger partial charge in [-0.15, -0.1) is 0 Å². The number of rotatable bonds is 3. The van der Waals surface area contributed by atoms with E-state index in [1.54, 1.807) is 4.90 Å². The standard InChI is InChI=1S/C15H21N5O2/c1-9-17-14(19-18-9)12-8-20(7-11(12)13(16)21)15(22)10-5-3-2-4-6-10/h2-3,10-12H,4-8H2,1H3,(H2,16,21)(H,17,18,19)/t10?,11-,12-/m1/s1. The van der Waals surface area contributed by atoms with Gasteiger partial charge in [0.2, 0.25) is 11.8 Å². The molecule has 0 radical (unpaired) electrons. The van der Waals surface area contributed by atoms with Crippen LogP contribution in [0, 0.1) is 18.8 Å². The minimum absolute atomic E-state index is 0.0196. The number of carbonyl (C=O) groups is 2. The van der Waals surface area contributed by atoms with Crippen LogP contribution in [0.15, 0.2) is 12.2 Å². The first-order valence-corrected chi connectivity index (χ1v) is 7.68. The summed E-state index contributed by atoms with van der Waals surface area (Å²) in [6, 6.07) is 0. The number of primary amides is 1. The van der Waals surface area contributed by atoms with Crippen molar-refractivity contribution in [1.82, 2.24) is 20.1 Å². The van der Waals surface area contributed by atoms with Gasteiger partial charge in [0.15, 0.2) is 5.82 Å². The molecule has 2 amide bonds. The highest BCUT2D eigenvalue weighted by molar-refractivity contribution is 5.83. The van der Waals surface area contributed by atoms with Crippen LogP contribution in [0.4, 0.5) is 0 Å². The molecular weight excluding hydrogens is 282 g/mol. The summed E-state index contributed by atoms with van der Waals surface area (Å²) >= 11 is 0. The molecule has 3 N–H and O–H groups in total. The van der Waals surface area contributed by atoms with Crippen molar-refractivity contribution < 1.29 is 9.59 Å². The predicted octanol–water partition coefficient (Wildman–Crippen LogP) is 0.497. The fourth-order valence-electron chi connectivity index (χ4n) is 3.34. The maximum atomic E-state index is 12.6. The Balaban J connectivity index is 1.76. The predicted molar refractivity (Wildman–Crippen MR) is 79.6 cm³/mol. The molecule has 1 unspecified atom stereocenters. The maximum absolute atomic E-state index is 12.6. The van der Waals surface area contributed by atoms with Crippen LogP contribution in [-0.4, -0.2) is 45.0 Å². The number of nitrogens with two attached hydrogens (primary N) is 1. The SMILES string of the molecule is Cc1nc([C@@H]2CN(C(=O)C3CC=CCC3)C[C@H]2C(N)=O)n[nH]1. The Labute approximate surface area is 129 Å². The van der Waals surface area contributed by atoms with E-state index in [0.717, 1.165) is 19.3 Å². The first-order chi connectivity index (χ1) is 10.6. The van der Waals surface area contributed by atoms with Crippen LogP contribution in [-0.2, 0) is 9.59 Å². The van der Waals surface area contributed by atoms with Crippen molar-refractivity contribution in [2.75, 3.05) is 13.1 Å². The first-order valence-electron chi connectivity index (χ1n) is 7.68. The summed E-state index contributed by atoms with van der Waals surface area (Å²) in [7, 11) is 0. The maximum Gasteiger partial charge on any atom is 0.226 e. The van der Waals surface area contributed by atoms with E-state index in [-0.39, 0.29) is 17.7 Å². The second-order valence-electron chi connectivity index (χ2n) is 6.12. The molecule has 2 aliphatic rings. The monoisotopic (exact) mass is 303 g/mol. The van der Waals surface area contributed by atoms with E-state index in [1.165, 1.54) is 0 Å². The van der Waals surface area contributed by atoms with Crippen molar-refractivity contribution in [3.8, 4) is 0 Å². The average Bonchev–Trinajstić information content (AvgIpc) is 3.13. The average molecular weight is 303 g/mol. The third-order valence-corrected chi connectivity index (χ3v) is 4.56. The van der Waals surface area contributed by atoms with Gasteiger partial charge < -0.3 is 10.6 Å². The normalized spacial score (nSPS) is 28.0. The molecule has 118 valence electrons. The Bertz CT molecular complexity index is 609. The Morgan fingerprint density at radius 3 is 2.77 bits per heavy atom. The lowest BCUT2D eigenvalue weighted by atomic mass is 9.93. The molecule has 3 atom stereocenters. The molecule has 7 nitrogen and oxygen atoms in total. The van der Waals surface area contributed by atoms with Gasteiger partial charge in [-0.1, -0.05) is 12.2 Å². The van der Waals surface area contributed by atoms with E-state index in [1.807, 2.05) is 6.92 Å². The highest BCUT2D eigenvalue weighted by Crippen LogP contribution is 2.33. The number of carbonyl (C=O) groups excluding carboxylic acids is 2. The first kappa shape index (κ1) is 14.7. The van der Waals surface area contributed by atoms with Crippen LogP contribution >= 0.6 is 0 Å². The molecule has 0 aromatic carbocycles. The van der Waals surface area contributed by atoms with Gasteiger partial charge >= 0.3 is 0 Å². The number of aromatic nitrogens is 3. The van der Waals surface area contributed by atoms with E-state index in [2.05, 4.69) is 27.3 Å². The number of allylic oxidation sites excluding steroid dienone is 2. The zero-order valence-corrected chi connectivity index (χ0v) is 12.7.